The SMILES string of the molecule is CCOC(=O)[C@@]1(Cc2ccccc2)C[C@H]2CC[C@@H]1N2C(=O)c1ncoc1C. The van der Waals surface area contributed by atoms with E-state index in [2.05, 4.69) is 4.98 Å². The lowest BCUT2D eigenvalue weighted by molar-refractivity contribution is -0.157. The third-order valence-electron chi connectivity index (χ3n) is 5.97. The summed E-state index contributed by atoms with van der Waals surface area (Å²) in [7, 11) is 0. The van der Waals surface area contributed by atoms with Crippen LogP contribution in [0.15, 0.2) is 41.1 Å². The predicted molar refractivity (Wildman–Crippen MR) is 98.0 cm³/mol. The lowest BCUT2D eigenvalue weighted by Crippen LogP contribution is -2.47. The van der Waals surface area contributed by atoms with Crippen molar-refractivity contribution < 1.29 is 18.7 Å². The highest BCUT2D eigenvalue weighted by molar-refractivity contribution is 5.95. The van der Waals surface area contributed by atoms with Crippen LogP contribution in [-0.4, -0.2) is 40.5 Å². The van der Waals surface area contributed by atoms with Gasteiger partial charge in [-0.3, -0.25) is 9.59 Å². The number of hydrogen-bond donors (Lipinski definition) is 0. The van der Waals surface area contributed by atoms with E-state index in [1.165, 1.54) is 6.39 Å². The Balaban J connectivity index is 1.70. The molecule has 0 radical (unpaired) electrons. The van der Waals surface area contributed by atoms with Crippen molar-refractivity contribution >= 4 is 11.9 Å². The molecule has 3 heterocycles. The van der Waals surface area contributed by atoms with Crippen molar-refractivity contribution in [2.45, 2.75) is 51.6 Å². The first-order valence-electron chi connectivity index (χ1n) is 9.50. The van der Waals surface area contributed by atoms with E-state index in [4.69, 9.17) is 9.15 Å². The minimum absolute atomic E-state index is 0.0340. The average molecular weight is 368 g/mol. The molecule has 4 rings (SSSR count). The number of amides is 1. The molecule has 0 saturated carbocycles. The fourth-order valence-electron chi connectivity index (χ4n) is 4.84. The van der Waals surface area contributed by atoms with Gasteiger partial charge in [0.25, 0.3) is 5.91 Å². The zero-order valence-corrected chi connectivity index (χ0v) is 15.7. The maximum Gasteiger partial charge on any atom is 0.314 e. The van der Waals surface area contributed by atoms with Gasteiger partial charge in [-0.05, 0) is 45.1 Å². The second kappa shape index (κ2) is 6.83. The molecule has 0 spiro atoms. The number of benzene rings is 1. The number of rotatable bonds is 5. The highest BCUT2D eigenvalue weighted by atomic mass is 16.5. The normalized spacial score (nSPS) is 26.4. The maximum atomic E-state index is 13.2. The summed E-state index contributed by atoms with van der Waals surface area (Å²) in [5.74, 6) is 0.166. The topological polar surface area (TPSA) is 72.6 Å². The van der Waals surface area contributed by atoms with Gasteiger partial charge in [-0.2, -0.15) is 0 Å². The molecule has 2 aromatic rings. The Bertz CT molecular complexity index is 847. The van der Waals surface area contributed by atoms with Gasteiger partial charge in [0, 0.05) is 12.1 Å². The molecule has 2 aliphatic rings. The Morgan fingerprint density at radius 3 is 2.74 bits per heavy atom. The van der Waals surface area contributed by atoms with Gasteiger partial charge in [-0.1, -0.05) is 30.3 Å². The Hall–Kier alpha value is -2.63. The molecule has 1 aromatic heterocycles. The van der Waals surface area contributed by atoms with Crippen molar-refractivity contribution in [3.05, 3.63) is 53.7 Å². The molecule has 27 heavy (non-hydrogen) atoms. The number of aromatic nitrogens is 1. The van der Waals surface area contributed by atoms with Gasteiger partial charge in [-0.25, -0.2) is 4.98 Å². The number of ether oxygens (including phenoxy) is 1. The Labute approximate surface area is 158 Å². The summed E-state index contributed by atoms with van der Waals surface area (Å²) in [5, 5.41) is 0. The Morgan fingerprint density at radius 1 is 1.30 bits per heavy atom. The lowest BCUT2D eigenvalue weighted by atomic mass is 9.70. The van der Waals surface area contributed by atoms with Crippen molar-refractivity contribution in [2.75, 3.05) is 6.61 Å². The van der Waals surface area contributed by atoms with E-state index in [0.29, 0.717) is 30.9 Å². The largest absolute Gasteiger partial charge is 0.465 e. The Kier molecular flexibility index (Phi) is 4.50. The quantitative estimate of drug-likeness (QED) is 0.758. The minimum Gasteiger partial charge on any atom is -0.465 e. The maximum absolute atomic E-state index is 13.2. The van der Waals surface area contributed by atoms with Crippen molar-refractivity contribution in [3.8, 4) is 0 Å². The number of oxazole rings is 1. The summed E-state index contributed by atoms with van der Waals surface area (Å²) in [6.45, 7) is 3.90. The fourth-order valence-corrected chi connectivity index (χ4v) is 4.84. The number of hydrogen-bond acceptors (Lipinski definition) is 5. The number of carbonyl (C=O) groups excluding carboxylic acids is 2. The van der Waals surface area contributed by atoms with Crippen molar-refractivity contribution in [1.82, 2.24) is 9.88 Å². The molecule has 0 N–H and O–H groups in total. The molecule has 2 fully saturated rings. The van der Waals surface area contributed by atoms with E-state index in [-0.39, 0.29) is 24.0 Å². The first kappa shape index (κ1) is 17.8. The smallest absolute Gasteiger partial charge is 0.314 e. The van der Waals surface area contributed by atoms with Crippen molar-refractivity contribution in [3.63, 3.8) is 0 Å². The summed E-state index contributed by atoms with van der Waals surface area (Å²) < 4.78 is 10.7. The Morgan fingerprint density at radius 2 is 2.07 bits per heavy atom. The van der Waals surface area contributed by atoms with E-state index in [0.717, 1.165) is 18.4 Å². The molecule has 1 amide bonds. The van der Waals surface area contributed by atoms with E-state index in [9.17, 15) is 9.59 Å². The first-order valence-corrected chi connectivity index (χ1v) is 9.50. The third kappa shape index (κ3) is 2.83. The van der Waals surface area contributed by atoms with Gasteiger partial charge in [0.2, 0.25) is 0 Å². The molecule has 6 nitrogen and oxygen atoms in total. The first-order chi connectivity index (χ1) is 13.1. The molecule has 0 aliphatic carbocycles. The van der Waals surface area contributed by atoms with Crippen LogP contribution < -0.4 is 0 Å². The molecule has 2 saturated heterocycles. The molecule has 2 bridgehead atoms. The van der Waals surface area contributed by atoms with E-state index in [1.807, 2.05) is 42.2 Å². The van der Waals surface area contributed by atoms with Crippen LogP contribution in [0, 0.1) is 12.3 Å². The summed E-state index contributed by atoms with van der Waals surface area (Å²) in [5.41, 5.74) is 0.725. The summed E-state index contributed by atoms with van der Waals surface area (Å²) in [4.78, 5) is 32.2. The van der Waals surface area contributed by atoms with Crippen LogP contribution in [0.2, 0.25) is 0 Å². The molecule has 0 unspecified atom stereocenters. The van der Waals surface area contributed by atoms with Gasteiger partial charge < -0.3 is 14.1 Å². The van der Waals surface area contributed by atoms with E-state index in [1.54, 1.807) is 6.92 Å². The second-order valence-corrected chi connectivity index (χ2v) is 7.46. The van der Waals surface area contributed by atoms with Gasteiger partial charge >= 0.3 is 5.97 Å². The summed E-state index contributed by atoms with van der Waals surface area (Å²) >= 11 is 0. The van der Waals surface area contributed by atoms with Crippen LogP contribution in [-0.2, 0) is 16.0 Å². The average Bonchev–Trinajstić information content (AvgIpc) is 3.35. The van der Waals surface area contributed by atoms with Crippen molar-refractivity contribution in [1.29, 1.82) is 0 Å². The van der Waals surface area contributed by atoms with Gasteiger partial charge in [-0.15, -0.1) is 0 Å². The molecule has 3 atom stereocenters. The number of fused-ring (bicyclic) bond motifs is 2. The molecular formula is C21H24N2O4. The third-order valence-corrected chi connectivity index (χ3v) is 5.97. The number of nitrogens with zero attached hydrogens (tertiary/aromatic N) is 2. The number of carbonyl (C=O) groups is 2. The van der Waals surface area contributed by atoms with Gasteiger partial charge in [0.1, 0.15) is 5.76 Å². The summed E-state index contributed by atoms with van der Waals surface area (Å²) in [6.07, 6.45) is 4.22. The molecular weight excluding hydrogens is 344 g/mol. The van der Waals surface area contributed by atoms with Crippen LogP contribution >= 0.6 is 0 Å². The zero-order chi connectivity index (χ0) is 19.0. The van der Waals surface area contributed by atoms with Gasteiger partial charge in [0.05, 0.1) is 12.0 Å². The standard InChI is InChI=1S/C21H24N2O4/c1-3-26-20(25)21(11-15-7-5-4-6-8-15)12-16-9-10-17(21)23(16)19(24)18-14(2)27-13-22-18/h4-8,13,16-17H,3,9-12H2,1-2H3/t16-,17+,21+/m1/s1. The highest BCUT2D eigenvalue weighted by Crippen LogP contribution is 2.52. The monoisotopic (exact) mass is 368 g/mol. The van der Waals surface area contributed by atoms with Crippen LogP contribution in [0.4, 0.5) is 0 Å². The number of aryl methyl sites for hydroxylation is 1. The van der Waals surface area contributed by atoms with Crippen LogP contribution in [0.5, 0.6) is 0 Å². The van der Waals surface area contributed by atoms with Crippen LogP contribution in [0.25, 0.3) is 0 Å². The number of esters is 1. The molecule has 142 valence electrons. The highest BCUT2D eigenvalue weighted by Gasteiger charge is 2.62. The molecule has 1 aromatic carbocycles. The molecule has 2 aliphatic heterocycles. The minimum atomic E-state index is -0.701. The molecule has 6 heteroatoms. The van der Waals surface area contributed by atoms with Crippen LogP contribution in [0.3, 0.4) is 0 Å². The summed E-state index contributed by atoms with van der Waals surface area (Å²) in [6, 6.07) is 9.83. The lowest BCUT2D eigenvalue weighted by Gasteiger charge is -2.35. The zero-order valence-electron chi connectivity index (χ0n) is 15.7. The van der Waals surface area contributed by atoms with Crippen LogP contribution in [0.1, 0.15) is 48.0 Å². The van der Waals surface area contributed by atoms with Gasteiger partial charge in [0.15, 0.2) is 12.1 Å². The fraction of sp³-hybridized carbons (Fsp3) is 0.476. The van der Waals surface area contributed by atoms with Crippen molar-refractivity contribution in [2.24, 2.45) is 5.41 Å². The predicted octanol–water partition coefficient (Wildman–Crippen LogP) is 3.15. The van der Waals surface area contributed by atoms with E-state index < -0.39 is 5.41 Å². The van der Waals surface area contributed by atoms with E-state index >= 15 is 0 Å². The second-order valence-electron chi connectivity index (χ2n) is 7.46.